The predicted molar refractivity (Wildman–Crippen MR) is 118 cm³/mol. The van der Waals surface area contributed by atoms with Crippen molar-refractivity contribution in [3.05, 3.63) is 35.7 Å². The monoisotopic (exact) mass is 435 g/mol. The average molecular weight is 436 g/mol. The van der Waals surface area contributed by atoms with E-state index in [9.17, 15) is 4.79 Å². The highest BCUT2D eigenvalue weighted by Gasteiger charge is 2.31. The van der Waals surface area contributed by atoms with Gasteiger partial charge in [0.2, 0.25) is 0 Å². The van der Waals surface area contributed by atoms with Crippen LogP contribution in [0.4, 0.5) is 10.1 Å². The lowest BCUT2D eigenvalue weighted by atomic mass is 9.86. The maximum absolute atomic E-state index is 15.1. The smallest absolute Gasteiger partial charge is 0.338 e. The van der Waals surface area contributed by atoms with Crippen molar-refractivity contribution in [3.8, 4) is 0 Å². The normalized spacial score (nSPS) is 22.5. The van der Waals surface area contributed by atoms with Gasteiger partial charge in [0.1, 0.15) is 0 Å². The molecule has 1 saturated carbocycles. The molecule has 3 rings (SSSR count). The third-order valence-electron chi connectivity index (χ3n) is 6.50. The van der Waals surface area contributed by atoms with Crippen molar-refractivity contribution in [2.24, 2.45) is 5.92 Å². The number of carbonyl (C=O) groups excluding carboxylic acids is 1. The fourth-order valence-corrected chi connectivity index (χ4v) is 4.80. The number of carbonyl (C=O) groups is 1. The van der Waals surface area contributed by atoms with Crippen LogP contribution in [0.1, 0.15) is 54.4 Å². The molecule has 0 radical (unpaired) electrons. The van der Waals surface area contributed by atoms with Gasteiger partial charge < -0.3 is 23.8 Å². The van der Waals surface area contributed by atoms with Gasteiger partial charge >= 0.3 is 5.97 Å². The number of esters is 1. The number of nitrogens with zero attached hydrogens (tertiary/aromatic N) is 1. The van der Waals surface area contributed by atoms with E-state index < -0.39 is 11.8 Å². The maximum Gasteiger partial charge on any atom is 0.338 e. The Bertz CT molecular complexity index is 751. The van der Waals surface area contributed by atoms with Gasteiger partial charge in [0, 0.05) is 38.8 Å². The first kappa shape index (κ1) is 23.7. The third-order valence-corrected chi connectivity index (χ3v) is 6.50. The number of hydrogen-bond donors (Lipinski definition) is 0. The predicted octanol–water partition coefficient (Wildman–Crippen LogP) is 4.42. The number of rotatable bonds is 8. The number of anilines is 1. The molecule has 0 aromatic heterocycles. The summed E-state index contributed by atoms with van der Waals surface area (Å²) in [6.45, 7) is 5.08. The van der Waals surface area contributed by atoms with Crippen molar-refractivity contribution in [3.63, 3.8) is 0 Å². The van der Waals surface area contributed by atoms with E-state index in [1.54, 1.807) is 26.4 Å². The highest BCUT2D eigenvalue weighted by Crippen LogP contribution is 2.33. The Kier molecular flexibility index (Phi) is 8.46. The van der Waals surface area contributed by atoms with Crippen LogP contribution in [0, 0.1) is 11.7 Å². The minimum absolute atomic E-state index is 0.134. The van der Waals surface area contributed by atoms with E-state index >= 15 is 4.39 Å². The van der Waals surface area contributed by atoms with Crippen LogP contribution in [0.3, 0.4) is 0 Å². The molecule has 2 fully saturated rings. The van der Waals surface area contributed by atoms with Gasteiger partial charge in [-0.1, -0.05) is 12.7 Å². The summed E-state index contributed by atoms with van der Waals surface area (Å²) in [5.41, 5.74) is 0.869. The van der Waals surface area contributed by atoms with Crippen molar-refractivity contribution in [2.45, 2.75) is 57.0 Å². The Balaban J connectivity index is 1.53. The molecule has 0 spiro atoms. The van der Waals surface area contributed by atoms with Gasteiger partial charge in [0.25, 0.3) is 0 Å². The molecule has 1 aromatic carbocycles. The Morgan fingerprint density at radius 3 is 2.23 bits per heavy atom. The minimum atomic E-state index is -0.565. The lowest BCUT2D eigenvalue weighted by Crippen LogP contribution is -2.40. The maximum atomic E-state index is 15.1. The third kappa shape index (κ3) is 5.45. The molecule has 7 heteroatoms. The molecule has 0 bridgehead atoms. The van der Waals surface area contributed by atoms with Crippen LogP contribution in [0.15, 0.2) is 18.7 Å². The van der Waals surface area contributed by atoms with E-state index in [-0.39, 0.29) is 29.6 Å². The van der Waals surface area contributed by atoms with Crippen molar-refractivity contribution in [1.82, 2.24) is 0 Å². The van der Waals surface area contributed by atoms with Gasteiger partial charge in [0.15, 0.2) is 12.1 Å². The second kappa shape index (κ2) is 11.1. The van der Waals surface area contributed by atoms with E-state index in [2.05, 4.69) is 6.58 Å². The lowest BCUT2D eigenvalue weighted by Gasteiger charge is -2.38. The number of ether oxygens (including phenoxy) is 4. The van der Waals surface area contributed by atoms with Gasteiger partial charge in [-0.2, -0.15) is 0 Å². The standard InChI is InChI=1S/C24H34FNO5/c1-5-19-20(23(27)28-2)10-11-21(22(19)25)26-14-12-18(13-15-26)31-17-8-6-16(7-9-17)24(29-3)30-4/h5,10-11,16-18,24H,1,6-9,12-15H2,2-4H3/t16-,17-. The minimum Gasteiger partial charge on any atom is -0.465 e. The molecule has 1 aromatic rings. The molecule has 0 unspecified atom stereocenters. The first-order valence-corrected chi connectivity index (χ1v) is 11.0. The van der Waals surface area contributed by atoms with Gasteiger partial charge in [-0.25, -0.2) is 9.18 Å². The van der Waals surface area contributed by atoms with Crippen LogP contribution >= 0.6 is 0 Å². The highest BCUT2D eigenvalue weighted by atomic mass is 19.1. The highest BCUT2D eigenvalue weighted by molar-refractivity contribution is 5.94. The summed E-state index contributed by atoms with van der Waals surface area (Å²) in [6.07, 6.45) is 7.50. The van der Waals surface area contributed by atoms with Crippen molar-refractivity contribution in [1.29, 1.82) is 0 Å². The molecule has 31 heavy (non-hydrogen) atoms. The zero-order valence-corrected chi connectivity index (χ0v) is 18.8. The molecule has 0 amide bonds. The van der Waals surface area contributed by atoms with Gasteiger partial charge in [-0.05, 0) is 50.7 Å². The Hall–Kier alpha value is -1.96. The molecule has 1 aliphatic heterocycles. The quantitative estimate of drug-likeness (QED) is 0.445. The molecular formula is C24H34FNO5. The molecule has 172 valence electrons. The van der Waals surface area contributed by atoms with Crippen LogP contribution in [-0.4, -0.2) is 58.9 Å². The molecule has 1 aliphatic carbocycles. The van der Waals surface area contributed by atoms with Crippen LogP contribution < -0.4 is 4.90 Å². The molecule has 2 aliphatic rings. The van der Waals surface area contributed by atoms with Crippen LogP contribution in [0.25, 0.3) is 6.08 Å². The Labute approximate surface area is 184 Å². The van der Waals surface area contributed by atoms with Crippen LogP contribution in [-0.2, 0) is 18.9 Å². The lowest BCUT2D eigenvalue weighted by molar-refractivity contribution is -0.153. The van der Waals surface area contributed by atoms with E-state index in [0.29, 0.717) is 24.7 Å². The molecule has 0 atom stereocenters. The summed E-state index contributed by atoms with van der Waals surface area (Å²) in [5, 5.41) is 0. The molecule has 1 saturated heterocycles. The molecule has 1 heterocycles. The van der Waals surface area contributed by atoms with Gasteiger partial charge in [-0.3, -0.25) is 0 Å². The SMILES string of the molecule is C=Cc1c(C(=O)OC)ccc(N2CCC(O[C@H]3CC[C@H](C(OC)OC)CC3)CC2)c1F. The van der Waals surface area contributed by atoms with E-state index in [1.807, 2.05) is 4.90 Å². The van der Waals surface area contributed by atoms with Crippen molar-refractivity contribution < 1.29 is 28.1 Å². The number of halogens is 1. The Morgan fingerprint density at radius 1 is 1.06 bits per heavy atom. The molecule has 6 nitrogen and oxygen atoms in total. The average Bonchev–Trinajstić information content (AvgIpc) is 2.81. The zero-order valence-electron chi connectivity index (χ0n) is 18.8. The topological polar surface area (TPSA) is 57.2 Å². The van der Waals surface area contributed by atoms with Crippen LogP contribution in [0.5, 0.6) is 0 Å². The fraction of sp³-hybridized carbons (Fsp3) is 0.625. The first-order chi connectivity index (χ1) is 15.0. The zero-order chi connectivity index (χ0) is 22.4. The fourth-order valence-electron chi connectivity index (χ4n) is 4.80. The van der Waals surface area contributed by atoms with E-state index in [0.717, 1.165) is 38.5 Å². The molecular weight excluding hydrogens is 401 g/mol. The van der Waals surface area contributed by atoms with E-state index in [4.69, 9.17) is 18.9 Å². The van der Waals surface area contributed by atoms with Crippen molar-refractivity contribution >= 4 is 17.7 Å². The van der Waals surface area contributed by atoms with E-state index in [1.165, 1.54) is 13.2 Å². The summed E-state index contributed by atoms with van der Waals surface area (Å²) in [4.78, 5) is 13.9. The first-order valence-electron chi connectivity index (χ1n) is 11.0. The second-order valence-corrected chi connectivity index (χ2v) is 8.25. The van der Waals surface area contributed by atoms with Gasteiger partial charge in [0.05, 0.1) is 30.6 Å². The number of hydrogen-bond acceptors (Lipinski definition) is 6. The second-order valence-electron chi connectivity index (χ2n) is 8.25. The number of benzene rings is 1. The van der Waals surface area contributed by atoms with Crippen LogP contribution in [0.2, 0.25) is 0 Å². The number of piperidine rings is 1. The molecule has 0 N–H and O–H groups in total. The summed E-state index contributed by atoms with van der Waals surface area (Å²) >= 11 is 0. The summed E-state index contributed by atoms with van der Waals surface area (Å²) in [6, 6.07) is 3.26. The Morgan fingerprint density at radius 2 is 1.68 bits per heavy atom. The number of methoxy groups -OCH3 is 3. The summed E-state index contributed by atoms with van der Waals surface area (Å²) in [7, 11) is 4.66. The van der Waals surface area contributed by atoms with Gasteiger partial charge in [-0.15, -0.1) is 0 Å². The van der Waals surface area contributed by atoms with Crippen molar-refractivity contribution in [2.75, 3.05) is 39.3 Å². The largest absolute Gasteiger partial charge is 0.465 e. The summed E-state index contributed by atoms with van der Waals surface area (Å²) in [5.74, 6) is -0.572. The summed E-state index contributed by atoms with van der Waals surface area (Å²) < 4.78 is 37.0.